The normalized spacial score (nSPS) is 11.8. The van der Waals surface area contributed by atoms with Gasteiger partial charge in [0.15, 0.2) is 0 Å². The number of carboxylic acids is 1. The largest absolute Gasteiger partial charge is 0.481 e. The molecule has 3 rings (SSSR count). The third-order valence-corrected chi connectivity index (χ3v) is 5.56. The average Bonchev–Trinajstić information content (AvgIpc) is 2.77. The summed E-state index contributed by atoms with van der Waals surface area (Å²) in [5, 5.41) is 23.5. The van der Waals surface area contributed by atoms with Crippen molar-refractivity contribution in [1.82, 2.24) is 0 Å². The Labute approximate surface area is 188 Å². The molecule has 1 amide bonds. The molecular formula is C27H28N2O3. The van der Waals surface area contributed by atoms with E-state index in [1.54, 1.807) is 18.2 Å². The lowest BCUT2D eigenvalue weighted by Crippen LogP contribution is -2.23. The lowest BCUT2D eigenvalue weighted by molar-refractivity contribution is -0.137. The van der Waals surface area contributed by atoms with Crippen LogP contribution in [0.5, 0.6) is 0 Å². The van der Waals surface area contributed by atoms with E-state index in [1.807, 2.05) is 42.5 Å². The molecule has 0 aliphatic heterocycles. The first-order chi connectivity index (χ1) is 15.4. The lowest BCUT2D eigenvalue weighted by atomic mass is 9.86. The molecule has 0 aliphatic rings. The highest BCUT2D eigenvalue weighted by molar-refractivity contribution is 6.00. The molecule has 0 saturated heterocycles. The molecule has 0 aliphatic carbocycles. The number of carboxylic acid groups (broad SMARTS) is 1. The Morgan fingerprint density at radius 2 is 1.81 bits per heavy atom. The molecule has 0 bridgehead atoms. The summed E-state index contributed by atoms with van der Waals surface area (Å²) in [6.45, 7) is 4.19. The molecule has 0 fully saturated rings. The van der Waals surface area contributed by atoms with Gasteiger partial charge in [0.25, 0.3) is 0 Å². The maximum Gasteiger partial charge on any atom is 0.303 e. The van der Waals surface area contributed by atoms with Crippen molar-refractivity contribution >= 4 is 28.3 Å². The molecule has 2 N–H and O–H groups in total. The molecule has 3 aromatic carbocycles. The third kappa shape index (κ3) is 5.73. The maximum atomic E-state index is 13.5. The van der Waals surface area contributed by atoms with Crippen molar-refractivity contribution in [3.8, 4) is 6.07 Å². The highest BCUT2D eigenvalue weighted by Crippen LogP contribution is 2.32. The standard InChI is InChI=1S/C27H28N2O3/c1-18(2)15-24(23-11-5-8-20-7-3-4-10-22(20)23)27(32)29-25-16-19(17-28)13-14-21(25)9-6-12-26(30)31/h3-5,7-8,10-11,13-14,16,18,24H,6,9,12,15H2,1-2H3,(H,29,32)(H,30,31). The zero-order valence-corrected chi connectivity index (χ0v) is 18.5. The van der Waals surface area contributed by atoms with Gasteiger partial charge >= 0.3 is 5.97 Å². The lowest BCUT2D eigenvalue weighted by Gasteiger charge is -2.22. The number of aryl methyl sites for hydroxylation is 1. The minimum Gasteiger partial charge on any atom is -0.481 e. The number of nitriles is 1. The van der Waals surface area contributed by atoms with Crippen molar-refractivity contribution in [2.75, 3.05) is 5.32 Å². The van der Waals surface area contributed by atoms with Gasteiger partial charge in [-0.3, -0.25) is 9.59 Å². The molecule has 5 heteroatoms. The minimum atomic E-state index is -0.850. The van der Waals surface area contributed by atoms with Gasteiger partial charge in [-0.1, -0.05) is 62.4 Å². The van der Waals surface area contributed by atoms with Gasteiger partial charge < -0.3 is 10.4 Å². The van der Waals surface area contributed by atoms with Crippen LogP contribution in [0.2, 0.25) is 0 Å². The van der Waals surface area contributed by atoms with E-state index in [4.69, 9.17) is 5.11 Å². The summed E-state index contributed by atoms with van der Waals surface area (Å²) in [6.07, 6.45) is 1.71. The van der Waals surface area contributed by atoms with E-state index < -0.39 is 5.97 Å². The topological polar surface area (TPSA) is 90.2 Å². The fourth-order valence-corrected chi connectivity index (χ4v) is 4.03. The zero-order chi connectivity index (χ0) is 23.1. The van der Waals surface area contributed by atoms with Gasteiger partial charge in [0.1, 0.15) is 0 Å². The van der Waals surface area contributed by atoms with E-state index in [2.05, 4.69) is 25.2 Å². The Morgan fingerprint density at radius 3 is 2.53 bits per heavy atom. The number of anilines is 1. The Bertz CT molecular complexity index is 1160. The fourth-order valence-electron chi connectivity index (χ4n) is 4.03. The van der Waals surface area contributed by atoms with Crippen LogP contribution in [-0.4, -0.2) is 17.0 Å². The molecule has 0 radical (unpaired) electrons. The number of fused-ring (bicyclic) bond motifs is 1. The summed E-state index contributed by atoms with van der Waals surface area (Å²) in [5.41, 5.74) is 2.85. The number of hydrogen-bond acceptors (Lipinski definition) is 3. The second-order valence-electron chi connectivity index (χ2n) is 8.47. The second kappa shape index (κ2) is 10.6. The van der Waals surface area contributed by atoms with Crippen LogP contribution in [0.25, 0.3) is 10.8 Å². The number of carbonyl (C=O) groups excluding carboxylic acids is 1. The van der Waals surface area contributed by atoms with Crippen molar-refractivity contribution in [1.29, 1.82) is 5.26 Å². The van der Waals surface area contributed by atoms with Crippen molar-refractivity contribution < 1.29 is 14.7 Å². The highest BCUT2D eigenvalue weighted by Gasteiger charge is 2.24. The minimum absolute atomic E-state index is 0.0549. The number of nitrogens with one attached hydrogen (secondary N) is 1. The number of amides is 1. The molecule has 164 valence electrons. The van der Waals surface area contributed by atoms with Gasteiger partial charge in [-0.25, -0.2) is 0 Å². The summed E-state index contributed by atoms with van der Waals surface area (Å²) >= 11 is 0. The predicted octanol–water partition coefficient (Wildman–Crippen LogP) is 5.89. The molecule has 0 heterocycles. The summed E-state index contributed by atoms with van der Waals surface area (Å²) in [5.74, 6) is -1.01. The van der Waals surface area contributed by atoms with Crippen LogP contribution in [-0.2, 0) is 16.0 Å². The predicted molar refractivity (Wildman–Crippen MR) is 127 cm³/mol. The first-order valence-electron chi connectivity index (χ1n) is 10.9. The number of aliphatic carboxylic acids is 1. The quantitative estimate of drug-likeness (QED) is 0.445. The summed E-state index contributed by atoms with van der Waals surface area (Å²) in [4.78, 5) is 24.4. The SMILES string of the molecule is CC(C)CC(C(=O)Nc1cc(C#N)ccc1CCCC(=O)O)c1cccc2ccccc12. The monoisotopic (exact) mass is 428 g/mol. The second-order valence-corrected chi connectivity index (χ2v) is 8.47. The van der Waals surface area contributed by atoms with Crippen LogP contribution in [0, 0.1) is 17.2 Å². The Kier molecular flexibility index (Phi) is 7.62. The number of rotatable bonds is 9. The van der Waals surface area contributed by atoms with E-state index >= 15 is 0 Å². The van der Waals surface area contributed by atoms with Crippen LogP contribution < -0.4 is 5.32 Å². The molecule has 0 aromatic heterocycles. The van der Waals surface area contributed by atoms with Gasteiger partial charge in [-0.2, -0.15) is 5.26 Å². The van der Waals surface area contributed by atoms with Crippen molar-refractivity contribution in [2.45, 2.75) is 45.4 Å². The van der Waals surface area contributed by atoms with Crippen molar-refractivity contribution in [3.05, 3.63) is 77.4 Å². The average molecular weight is 429 g/mol. The molecule has 1 unspecified atom stereocenters. The number of carbonyl (C=O) groups is 2. The first kappa shape index (κ1) is 23.0. The van der Waals surface area contributed by atoms with E-state index in [0.717, 1.165) is 21.9 Å². The molecule has 0 saturated carbocycles. The van der Waals surface area contributed by atoms with E-state index in [9.17, 15) is 14.9 Å². The summed E-state index contributed by atoms with van der Waals surface area (Å²) in [6, 6.07) is 21.4. The fraction of sp³-hybridized carbons (Fsp3) is 0.296. The van der Waals surface area contributed by atoms with Gasteiger partial charge in [-0.15, -0.1) is 0 Å². The molecular weight excluding hydrogens is 400 g/mol. The molecule has 1 atom stereocenters. The zero-order valence-electron chi connectivity index (χ0n) is 18.5. The third-order valence-electron chi connectivity index (χ3n) is 5.56. The van der Waals surface area contributed by atoms with Crippen LogP contribution in [0.3, 0.4) is 0 Å². The van der Waals surface area contributed by atoms with Crippen molar-refractivity contribution in [3.63, 3.8) is 0 Å². The Balaban J connectivity index is 1.94. The molecule has 0 spiro atoms. The van der Waals surface area contributed by atoms with Crippen molar-refractivity contribution in [2.24, 2.45) is 5.92 Å². The maximum absolute atomic E-state index is 13.5. The highest BCUT2D eigenvalue weighted by atomic mass is 16.4. The number of nitrogens with zero attached hydrogens (tertiary/aromatic N) is 1. The smallest absolute Gasteiger partial charge is 0.303 e. The van der Waals surface area contributed by atoms with E-state index in [1.165, 1.54) is 0 Å². The number of benzene rings is 3. The van der Waals surface area contributed by atoms with Crippen LogP contribution in [0.15, 0.2) is 60.7 Å². The summed E-state index contributed by atoms with van der Waals surface area (Å²) < 4.78 is 0. The first-order valence-corrected chi connectivity index (χ1v) is 10.9. The van der Waals surface area contributed by atoms with Gasteiger partial charge in [0.2, 0.25) is 5.91 Å². The molecule has 3 aromatic rings. The van der Waals surface area contributed by atoms with E-state index in [-0.39, 0.29) is 18.2 Å². The molecule has 5 nitrogen and oxygen atoms in total. The van der Waals surface area contributed by atoms with E-state index in [0.29, 0.717) is 36.4 Å². The Morgan fingerprint density at radius 1 is 1.06 bits per heavy atom. The summed E-state index contributed by atoms with van der Waals surface area (Å²) in [7, 11) is 0. The molecule has 32 heavy (non-hydrogen) atoms. The number of hydrogen-bond donors (Lipinski definition) is 2. The van der Waals surface area contributed by atoms with Gasteiger partial charge in [0, 0.05) is 12.1 Å². The van der Waals surface area contributed by atoms with Crippen LogP contribution in [0.4, 0.5) is 5.69 Å². The van der Waals surface area contributed by atoms with Gasteiger partial charge in [-0.05, 0) is 59.2 Å². The Hall–Kier alpha value is -3.65. The van der Waals surface area contributed by atoms with Crippen LogP contribution in [0.1, 0.15) is 55.7 Å². The van der Waals surface area contributed by atoms with Crippen LogP contribution >= 0.6 is 0 Å². The van der Waals surface area contributed by atoms with Gasteiger partial charge in [0.05, 0.1) is 17.6 Å².